The lowest BCUT2D eigenvalue weighted by molar-refractivity contribution is -0.0246. The predicted octanol–water partition coefficient (Wildman–Crippen LogP) is 3.60. The molecule has 0 amide bonds. The van der Waals surface area contributed by atoms with Gasteiger partial charge in [0.1, 0.15) is 5.60 Å². The lowest BCUT2D eigenvalue weighted by Crippen LogP contribution is -2.46. The zero-order valence-electron chi connectivity index (χ0n) is 13.3. The molecule has 1 aliphatic carbocycles. The maximum atomic E-state index is 11.2. The van der Waals surface area contributed by atoms with Crippen LogP contribution in [0.5, 0.6) is 0 Å². The molecular formula is C20H25NO. The van der Waals surface area contributed by atoms with Crippen molar-refractivity contribution in [3.63, 3.8) is 0 Å². The summed E-state index contributed by atoms with van der Waals surface area (Å²) in [5, 5.41) is 11.2. The van der Waals surface area contributed by atoms with Crippen molar-refractivity contribution in [1.82, 2.24) is 4.90 Å². The van der Waals surface area contributed by atoms with Crippen LogP contribution < -0.4 is 0 Å². The van der Waals surface area contributed by atoms with Crippen molar-refractivity contribution in [3.8, 4) is 0 Å². The fourth-order valence-corrected chi connectivity index (χ4v) is 3.72. The van der Waals surface area contributed by atoms with E-state index in [2.05, 4.69) is 54.4 Å². The third-order valence-corrected chi connectivity index (χ3v) is 4.99. The van der Waals surface area contributed by atoms with Gasteiger partial charge in [-0.25, -0.2) is 0 Å². The van der Waals surface area contributed by atoms with Gasteiger partial charge in [0.15, 0.2) is 0 Å². The summed E-state index contributed by atoms with van der Waals surface area (Å²) >= 11 is 0. The number of rotatable bonds is 5. The highest BCUT2D eigenvalue weighted by molar-refractivity contribution is 5.26. The maximum absolute atomic E-state index is 11.2. The van der Waals surface area contributed by atoms with E-state index in [1.54, 1.807) is 0 Å². The fourth-order valence-electron chi connectivity index (χ4n) is 3.72. The number of likely N-dealkylation sites (N-methyl/N-ethyl adjacent to an activating group) is 1. The molecule has 0 aromatic heterocycles. The van der Waals surface area contributed by atoms with E-state index in [0.717, 1.165) is 37.8 Å². The van der Waals surface area contributed by atoms with Gasteiger partial charge in [0.2, 0.25) is 0 Å². The van der Waals surface area contributed by atoms with Crippen molar-refractivity contribution < 1.29 is 5.11 Å². The Kier molecular flexibility index (Phi) is 4.60. The first-order chi connectivity index (χ1) is 10.7. The van der Waals surface area contributed by atoms with Crippen LogP contribution in [-0.4, -0.2) is 29.6 Å². The van der Waals surface area contributed by atoms with Gasteiger partial charge in [-0.3, -0.25) is 4.90 Å². The third kappa shape index (κ3) is 3.08. The fraction of sp³-hybridized carbons (Fsp3) is 0.400. The smallest absolute Gasteiger partial charge is 0.105 e. The summed E-state index contributed by atoms with van der Waals surface area (Å²) in [5.74, 6) is 0. The van der Waals surface area contributed by atoms with E-state index in [9.17, 15) is 5.11 Å². The second-order valence-corrected chi connectivity index (χ2v) is 6.41. The molecule has 22 heavy (non-hydrogen) atoms. The molecule has 2 atom stereocenters. The van der Waals surface area contributed by atoms with Crippen LogP contribution in [-0.2, 0) is 12.0 Å². The van der Waals surface area contributed by atoms with E-state index in [1.807, 2.05) is 18.2 Å². The first-order valence-electron chi connectivity index (χ1n) is 8.22. The van der Waals surface area contributed by atoms with Crippen LogP contribution in [0.25, 0.3) is 0 Å². The number of nitrogens with zero attached hydrogens (tertiary/aromatic N) is 1. The SMILES string of the molecule is CN(CCc1ccccc1)[C@H]1CCCC1(O)c1ccccc1. The minimum absolute atomic E-state index is 0.207. The summed E-state index contributed by atoms with van der Waals surface area (Å²) in [7, 11) is 2.15. The molecule has 0 heterocycles. The number of aliphatic hydroxyl groups is 1. The normalized spacial score (nSPS) is 24.8. The molecule has 2 heteroatoms. The Morgan fingerprint density at radius 2 is 1.68 bits per heavy atom. The molecule has 2 aromatic rings. The second kappa shape index (κ2) is 6.64. The molecule has 0 bridgehead atoms. The Hall–Kier alpha value is -1.64. The van der Waals surface area contributed by atoms with Gasteiger partial charge in [0.25, 0.3) is 0 Å². The largest absolute Gasteiger partial charge is 0.384 e. The zero-order valence-corrected chi connectivity index (χ0v) is 13.3. The summed E-state index contributed by atoms with van der Waals surface area (Å²) in [5.41, 5.74) is 1.71. The first-order valence-corrected chi connectivity index (χ1v) is 8.22. The lowest BCUT2D eigenvalue weighted by atomic mass is 9.88. The Morgan fingerprint density at radius 3 is 2.36 bits per heavy atom. The van der Waals surface area contributed by atoms with E-state index in [0.29, 0.717) is 0 Å². The molecule has 3 rings (SSSR count). The molecule has 1 unspecified atom stereocenters. The zero-order chi connectivity index (χ0) is 15.4. The van der Waals surface area contributed by atoms with Crippen LogP contribution >= 0.6 is 0 Å². The molecule has 2 nitrogen and oxygen atoms in total. The highest BCUT2D eigenvalue weighted by Gasteiger charge is 2.44. The molecule has 1 saturated carbocycles. The average Bonchev–Trinajstić information content (AvgIpc) is 2.98. The maximum Gasteiger partial charge on any atom is 0.105 e. The minimum atomic E-state index is -0.702. The van der Waals surface area contributed by atoms with Gasteiger partial charge in [-0.1, -0.05) is 60.7 Å². The summed E-state index contributed by atoms with van der Waals surface area (Å²) < 4.78 is 0. The monoisotopic (exact) mass is 295 g/mol. The van der Waals surface area contributed by atoms with Crippen LogP contribution in [0.2, 0.25) is 0 Å². The van der Waals surface area contributed by atoms with Crippen molar-refractivity contribution in [2.24, 2.45) is 0 Å². The highest BCUT2D eigenvalue weighted by Crippen LogP contribution is 2.41. The molecule has 0 spiro atoms. The Balaban J connectivity index is 1.70. The van der Waals surface area contributed by atoms with Gasteiger partial charge in [-0.05, 0) is 43.9 Å². The van der Waals surface area contributed by atoms with Gasteiger partial charge < -0.3 is 5.11 Å². The molecule has 0 aliphatic heterocycles. The van der Waals surface area contributed by atoms with Gasteiger partial charge in [0.05, 0.1) is 0 Å². The molecule has 2 aromatic carbocycles. The Bertz CT molecular complexity index is 583. The summed E-state index contributed by atoms with van der Waals surface area (Å²) in [6.45, 7) is 0.976. The van der Waals surface area contributed by atoms with Crippen molar-refractivity contribution in [3.05, 3.63) is 71.8 Å². The van der Waals surface area contributed by atoms with Crippen LogP contribution in [0.3, 0.4) is 0 Å². The summed E-state index contributed by atoms with van der Waals surface area (Å²) in [6.07, 6.45) is 4.04. The minimum Gasteiger partial charge on any atom is -0.384 e. The van der Waals surface area contributed by atoms with Gasteiger partial charge >= 0.3 is 0 Å². The van der Waals surface area contributed by atoms with E-state index < -0.39 is 5.60 Å². The van der Waals surface area contributed by atoms with Crippen molar-refractivity contribution >= 4 is 0 Å². The lowest BCUT2D eigenvalue weighted by Gasteiger charge is -2.37. The van der Waals surface area contributed by atoms with E-state index >= 15 is 0 Å². The molecule has 116 valence electrons. The van der Waals surface area contributed by atoms with Crippen molar-refractivity contribution in [2.45, 2.75) is 37.3 Å². The van der Waals surface area contributed by atoms with Crippen LogP contribution in [0, 0.1) is 0 Å². The Labute approximate surface area is 133 Å². The van der Waals surface area contributed by atoms with Crippen LogP contribution in [0.4, 0.5) is 0 Å². The first kappa shape index (κ1) is 15.3. The van der Waals surface area contributed by atoms with Gasteiger partial charge in [-0.15, -0.1) is 0 Å². The Morgan fingerprint density at radius 1 is 1.05 bits per heavy atom. The average molecular weight is 295 g/mol. The van der Waals surface area contributed by atoms with Crippen molar-refractivity contribution in [1.29, 1.82) is 0 Å². The molecular weight excluding hydrogens is 270 g/mol. The van der Waals surface area contributed by atoms with Crippen molar-refractivity contribution in [2.75, 3.05) is 13.6 Å². The molecule has 0 saturated heterocycles. The van der Waals surface area contributed by atoms with E-state index in [-0.39, 0.29) is 6.04 Å². The number of hydrogen-bond donors (Lipinski definition) is 1. The molecule has 1 aliphatic rings. The second-order valence-electron chi connectivity index (χ2n) is 6.41. The topological polar surface area (TPSA) is 23.5 Å². The standard InChI is InChI=1S/C20H25NO/c1-21(16-14-17-9-4-2-5-10-17)19-13-8-15-20(19,22)18-11-6-3-7-12-18/h2-7,9-12,19,22H,8,13-16H2,1H3/t19-,20?/m0/s1. The van der Waals surface area contributed by atoms with Gasteiger partial charge in [-0.2, -0.15) is 0 Å². The quantitative estimate of drug-likeness (QED) is 0.911. The molecule has 1 N–H and O–H groups in total. The number of benzene rings is 2. The van der Waals surface area contributed by atoms with Gasteiger partial charge in [0, 0.05) is 12.6 Å². The van der Waals surface area contributed by atoms with E-state index in [1.165, 1.54) is 5.56 Å². The van der Waals surface area contributed by atoms with Crippen LogP contribution in [0.1, 0.15) is 30.4 Å². The number of hydrogen-bond acceptors (Lipinski definition) is 2. The van der Waals surface area contributed by atoms with E-state index in [4.69, 9.17) is 0 Å². The van der Waals surface area contributed by atoms with Crippen LogP contribution in [0.15, 0.2) is 60.7 Å². The third-order valence-electron chi connectivity index (χ3n) is 4.99. The molecule has 0 radical (unpaired) electrons. The molecule has 1 fully saturated rings. The predicted molar refractivity (Wildman–Crippen MR) is 90.8 cm³/mol. The summed E-state index contributed by atoms with van der Waals surface area (Å²) in [4.78, 5) is 2.34. The summed E-state index contributed by atoms with van der Waals surface area (Å²) in [6, 6.07) is 21.0. The highest BCUT2D eigenvalue weighted by atomic mass is 16.3.